The SMILES string of the molecule is O=S(=O)(Cc1nccn1CC(F)(F)F)CC1(O)CCCCC1. The number of hydrogen-bond donors (Lipinski definition) is 1. The van der Waals surface area contributed by atoms with E-state index in [1.807, 2.05) is 0 Å². The predicted molar refractivity (Wildman–Crippen MR) is 73.8 cm³/mol. The highest BCUT2D eigenvalue weighted by Crippen LogP contribution is 2.30. The van der Waals surface area contributed by atoms with Gasteiger partial charge in [0, 0.05) is 12.4 Å². The molecule has 0 spiro atoms. The predicted octanol–water partition coefficient (Wildman–Crippen LogP) is 2.06. The van der Waals surface area contributed by atoms with E-state index in [2.05, 4.69) is 4.98 Å². The number of halogens is 3. The number of aromatic nitrogens is 2. The van der Waals surface area contributed by atoms with Crippen LogP contribution in [-0.2, 0) is 22.1 Å². The highest BCUT2D eigenvalue weighted by Gasteiger charge is 2.35. The second-order valence-corrected chi connectivity index (χ2v) is 7.97. The number of hydrogen-bond acceptors (Lipinski definition) is 4. The molecule has 1 aromatic rings. The summed E-state index contributed by atoms with van der Waals surface area (Å²) < 4.78 is 62.5. The molecule has 0 unspecified atom stereocenters. The summed E-state index contributed by atoms with van der Waals surface area (Å²) in [6.45, 7) is -1.28. The lowest BCUT2D eigenvalue weighted by Crippen LogP contribution is -2.39. The van der Waals surface area contributed by atoms with Crippen LogP contribution in [0.1, 0.15) is 37.9 Å². The van der Waals surface area contributed by atoms with Gasteiger partial charge in [0.05, 0.1) is 11.4 Å². The maximum atomic E-state index is 12.4. The van der Waals surface area contributed by atoms with Crippen LogP contribution in [0.25, 0.3) is 0 Å². The molecule has 0 saturated heterocycles. The van der Waals surface area contributed by atoms with Gasteiger partial charge in [-0.3, -0.25) is 0 Å². The van der Waals surface area contributed by atoms with Crippen molar-refractivity contribution in [3.05, 3.63) is 18.2 Å². The van der Waals surface area contributed by atoms with Gasteiger partial charge in [0.15, 0.2) is 9.84 Å². The highest BCUT2D eigenvalue weighted by atomic mass is 32.2. The number of sulfone groups is 1. The van der Waals surface area contributed by atoms with Crippen molar-refractivity contribution in [3.8, 4) is 0 Å². The Morgan fingerprint density at radius 1 is 1.27 bits per heavy atom. The van der Waals surface area contributed by atoms with E-state index in [0.29, 0.717) is 12.8 Å². The van der Waals surface area contributed by atoms with Gasteiger partial charge in [0.1, 0.15) is 18.1 Å². The lowest BCUT2D eigenvalue weighted by Gasteiger charge is -2.31. The average Bonchev–Trinajstić information content (AvgIpc) is 2.72. The Labute approximate surface area is 127 Å². The van der Waals surface area contributed by atoms with E-state index < -0.39 is 39.7 Å². The maximum absolute atomic E-state index is 12.4. The molecule has 1 N–H and O–H groups in total. The van der Waals surface area contributed by atoms with Crippen molar-refractivity contribution in [1.82, 2.24) is 9.55 Å². The van der Waals surface area contributed by atoms with Gasteiger partial charge >= 0.3 is 6.18 Å². The van der Waals surface area contributed by atoms with Gasteiger partial charge in [-0.1, -0.05) is 19.3 Å². The molecule has 126 valence electrons. The summed E-state index contributed by atoms with van der Waals surface area (Å²) in [4.78, 5) is 3.70. The second kappa shape index (κ2) is 6.19. The molecule has 1 fully saturated rings. The summed E-state index contributed by atoms with van der Waals surface area (Å²) in [6, 6.07) is 0. The lowest BCUT2D eigenvalue weighted by atomic mass is 9.86. The Hall–Kier alpha value is -1.09. The first-order chi connectivity index (χ1) is 10.1. The Bertz CT molecular complexity index is 604. The standard InChI is InChI=1S/C13H19F3N2O3S/c14-13(15,16)9-18-7-6-17-11(18)8-22(20,21)10-12(19)4-2-1-3-5-12/h6-7,19H,1-5,8-10H2. The third-order valence-electron chi connectivity index (χ3n) is 3.77. The molecule has 1 aliphatic carbocycles. The fraction of sp³-hybridized carbons (Fsp3) is 0.769. The van der Waals surface area contributed by atoms with Crippen molar-refractivity contribution >= 4 is 9.84 Å². The molecule has 0 aromatic carbocycles. The van der Waals surface area contributed by atoms with Gasteiger partial charge in [-0.05, 0) is 12.8 Å². The quantitative estimate of drug-likeness (QED) is 0.890. The summed E-state index contributed by atoms with van der Waals surface area (Å²) >= 11 is 0. The molecule has 1 heterocycles. The second-order valence-electron chi connectivity index (χ2n) is 5.90. The Morgan fingerprint density at radius 3 is 2.50 bits per heavy atom. The third kappa shape index (κ3) is 4.98. The molecule has 1 aliphatic rings. The molecule has 0 atom stereocenters. The zero-order valence-electron chi connectivity index (χ0n) is 12.0. The molecule has 0 radical (unpaired) electrons. The van der Waals surface area contributed by atoms with Gasteiger partial charge in [-0.2, -0.15) is 13.2 Å². The fourth-order valence-electron chi connectivity index (χ4n) is 2.83. The first-order valence-electron chi connectivity index (χ1n) is 7.08. The molecular weight excluding hydrogens is 321 g/mol. The summed E-state index contributed by atoms with van der Waals surface area (Å²) in [5.41, 5.74) is -1.27. The molecular formula is C13H19F3N2O3S. The first-order valence-corrected chi connectivity index (χ1v) is 8.90. The monoisotopic (exact) mass is 340 g/mol. The number of rotatable bonds is 5. The molecule has 0 bridgehead atoms. The third-order valence-corrected chi connectivity index (χ3v) is 5.45. The molecule has 2 rings (SSSR count). The van der Waals surface area contributed by atoms with Crippen molar-refractivity contribution in [2.24, 2.45) is 0 Å². The van der Waals surface area contributed by atoms with E-state index in [1.165, 1.54) is 0 Å². The van der Waals surface area contributed by atoms with Crippen LogP contribution in [0.2, 0.25) is 0 Å². The minimum absolute atomic E-state index is 0.156. The van der Waals surface area contributed by atoms with E-state index in [4.69, 9.17) is 0 Å². The number of aliphatic hydroxyl groups is 1. The van der Waals surface area contributed by atoms with Gasteiger partial charge in [-0.15, -0.1) is 0 Å². The van der Waals surface area contributed by atoms with Crippen LogP contribution in [0.5, 0.6) is 0 Å². The molecule has 22 heavy (non-hydrogen) atoms. The van der Waals surface area contributed by atoms with Gasteiger partial charge in [0.25, 0.3) is 0 Å². The summed E-state index contributed by atoms with van der Waals surface area (Å²) in [5.74, 6) is -1.19. The average molecular weight is 340 g/mol. The number of imidazole rings is 1. The van der Waals surface area contributed by atoms with E-state index >= 15 is 0 Å². The van der Waals surface area contributed by atoms with Gasteiger partial charge in [-0.25, -0.2) is 13.4 Å². The molecule has 5 nitrogen and oxygen atoms in total. The largest absolute Gasteiger partial charge is 0.406 e. The van der Waals surface area contributed by atoms with E-state index in [-0.39, 0.29) is 5.82 Å². The maximum Gasteiger partial charge on any atom is 0.406 e. The molecule has 0 amide bonds. The van der Waals surface area contributed by atoms with Crippen molar-refractivity contribution in [2.45, 2.75) is 56.2 Å². The Morgan fingerprint density at radius 2 is 1.91 bits per heavy atom. The molecule has 1 aromatic heterocycles. The van der Waals surface area contributed by atoms with Crippen molar-refractivity contribution in [1.29, 1.82) is 0 Å². The Balaban J connectivity index is 2.07. The topological polar surface area (TPSA) is 72.2 Å². The lowest BCUT2D eigenvalue weighted by molar-refractivity contribution is -0.141. The normalized spacial score (nSPS) is 19.3. The van der Waals surface area contributed by atoms with Crippen LogP contribution in [0.3, 0.4) is 0 Å². The van der Waals surface area contributed by atoms with E-state index in [1.54, 1.807) is 0 Å². The van der Waals surface area contributed by atoms with Crippen LogP contribution >= 0.6 is 0 Å². The van der Waals surface area contributed by atoms with Crippen molar-refractivity contribution < 1.29 is 26.7 Å². The van der Waals surface area contributed by atoms with E-state index in [9.17, 15) is 26.7 Å². The smallest absolute Gasteiger partial charge is 0.389 e. The van der Waals surface area contributed by atoms with Crippen LogP contribution < -0.4 is 0 Å². The summed E-state index contributed by atoms with van der Waals surface area (Å²) in [7, 11) is -3.74. The first kappa shape index (κ1) is 17.3. The van der Waals surface area contributed by atoms with Crippen LogP contribution in [0, 0.1) is 0 Å². The van der Waals surface area contributed by atoms with Crippen LogP contribution in [-0.4, -0.2) is 40.6 Å². The van der Waals surface area contributed by atoms with Crippen molar-refractivity contribution in [2.75, 3.05) is 5.75 Å². The zero-order valence-corrected chi connectivity index (χ0v) is 12.8. The highest BCUT2D eigenvalue weighted by molar-refractivity contribution is 7.90. The van der Waals surface area contributed by atoms with Gasteiger partial charge < -0.3 is 9.67 Å². The number of nitrogens with zero attached hydrogens (tertiary/aromatic N) is 2. The minimum atomic E-state index is -4.44. The fourth-order valence-corrected chi connectivity index (χ4v) is 4.67. The molecule has 1 saturated carbocycles. The van der Waals surface area contributed by atoms with Gasteiger partial charge in [0.2, 0.25) is 0 Å². The zero-order chi connectivity index (χ0) is 16.4. The summed E-state index contributed by atoms with van der Waals surface area (Å²) in [6.07, 6.45) is 1.09. The molecule has 0 aliphatic heterocycles. The number of alkyl halides is 3. The Kier molecular flexibility index (Phi) is 4.86. The summed E-state index contributed by atoms with van der Waals surface area (Å²) in [5, 5.41) is 10.3. The van der Waals surface area contributed by atoms with Crippen LogP contribution in [0.4, 0.5) is 13.2 Å². The van der Waals surface area contributed by atoms with Crippen LogP contribution in [0.15, 0.2) is 12.4 Å². The molecule has 9 heteroatoms. The van der Waals surface area contributed by atoms with Crippen molar-refractivity contribution in [3.63, 3.8) is 0 Å². The minimum Gasteiger partial charge on any atom is -0.389 e. The van der Waals surface area contributed by atoms with E-state index in [0.717, 1.165) is 36.2 Å².